The number of hydrogen-bond donors (Lipinski definition) is 0. The minimum Gasteiger partial charge on any atom is -0.290 e. The molecule has 0 N–H and O–H groups in total. The zero-order chi connectivity index (χ0) is 9.72. The molecule has 2 unspecified atom stereocenters. The highest BCUT2D eigenvalue weighted by Crippen LogP contribution is 2.12. The first-order chi connectivity index (χ1) is 5.50. The zero-order valence-corrected chi connectivity index (χ0v) is 10.3. The highest BCUT2D eigenvalue weighted by atomic mass is 79.9. The Balaban J connectivity index is 4.10. The summed E-state index contributed by atoms with van der Waals surface area (Å²) >= 11 is 6.25. The molecule has 0 aromatic heterocycles. The predicted molar refractivity (Wildman–Crippen MR) is 56.0 cm³/mol. The average Bonchev–Trinajstić information content (AvgIpc) is 2.02. The van der Waals surface area contributed by atoms with Crippen LogP contribution in [0.2, 0.25) is 0 Å². The van der Waals surface area contributed by atoms with Gasteiger partial charge in [0.15, 0.2) is 0 Å². The summed E-state index contributed by atoms with van der Waals surface area (Å²) in [6.07, 6.45) is 1.61. The third-order valence-electron chi connectivity index (χ3n) is 1.43. The second-order valence-corrected chi connectivity index (χ2v) is 5.08. The van der Waals surface area contributed by atoms with E-state index in [0.717, 1.165) is 6.42 Å². The Labute approximate surface area is 89.4 Å². The van der Waals surface area contributed by atoms with Crippen molar-refractivity contribution in [1.82, 2.24) is 0 Å². The van der Waals surface area contributed by atoms with Crippen LogP contribution in [0.25, 0.3) is 0 Å². The maximum atomic E-state index is 11.2. The van der Waals surface area contributed by atoms with Gasteiger partial charge in [0, 0.05) is 0 Å². The van der Waals surface area contributed by atoms with Gasteiger partial charge in [-0.25, -0.2) is 0 Å². The maximum absolute atomic E-state index is 11.2. The van der Waals surface area contributed by atoms with Crippen molar-refractivity contribution in [3.05, 3.63) is 0 Å². The minimum atomic E-state index is -0.373. The summed E-state index contributed by atoms with van der Waals surface area (Å²) in [6, 6.07) is 0. The van der Waals surface area contributed by atoms with Gasteiger partial charge in [-0.05, 0) is 13.3 Å². The van der Waals surface area contributed by atoms with Crippen molar-refractivity contribution in [2.24, 2.45) is 0 Å². The van der Waals surface area contributed by atoms with Gasteiger partial charge in [0.25, 0.3) is 0 Å². The molecule has 0 heterocycles. The van der Waals surface area contributed by atoms with Gasteiger partial charge in [-0.3, -0.25) is 9.59 Å². The number of Topliss-reactive ketones (excluding diaryl/α,β-unsaturated/α-hetero) is 2. The first-order valence-corrected chi connectivity index (χ1v) is 5.70. The van der Waals surface area contributed by atoms with Crippen LogP contribution >= 0.6 is 31.9 Å². The van der Waals surface area contributed by atoms with E-state index in [9.17, 15) is 9.59 Å². The minimum absolute atomic E-state index is 0.310. The number of carbonyl (C=O) groups excluding carboxylic acids is 2. The van der Waals surface area contributed by atoms with Crippen molar-refractivity contribution in [3.8, 4) is 0 Å². The second-order valence-electron chi connectivity index (χ2n) is 2.60. The molecule has 0 bridgehead atoms. The van der Waals surface area contributed by atoms with E-state index < -0.39 is 0 Å². The van der Waals surface area contributed by atoms with Crippen LogP contribution in [0.5, 0.6) is 0 Å². The molecule has 0 amide bonds. The van der Waals surface area contributed by atoms with Gasteiger partial charge in [-0.2, -0.15) is 0 Å². The second kappa shape index (κ2) is 5.86. The summed E-state index contributed by atoms with van der Waals surface area (Å²) in [7, 11) is 0. The SMILES string of the molecule is CCCC(Br)C(=O)C(=O)C(C)Br. The number of carbonyl (C=O) groups is 2. The molecule has 0 rings (SSSR count). The Morgan fingerprint density at radius 1 is 1.25 bits per heavy atom. The fraction of sp³-hybridized carbons (Fsp3) is 0.750. The van der Waals surface area contributed by atoms with Gasteiger partial charge in [-0.15, -0.1) is 0 Å². The lowest BCUT2D eigenvalue weighted by atomic mass is 10.1. The van der Waals surface area contributed by atoms with Crippen LogP contribution in [0.3, 0.4) is 0 Å². The lowest BCUT2D eigenvalue weighted by molar-refractivity contribution is -0.135. The Morgan fingerprint density at radius 2 is 1.75 bits per heavy atom. The molecule has 0 aromatic carbocycles. The molecule has 0 aliphatic carbocycles. The van der Waals surface area contributed by atoms with Gasteiger partial charge in [0.1, 0.15) is 0 Å². The molecule has 12 heavy (non-hydrogen) atoms. The third kappa shape index (κ3) is 3.81. The van der Waals surface area contributed by atoms with Gasteiger partial charge in [0.2, 0.25) is 11.6 Å². The van der Waals surface area contributed by atoms with E-state index in [-0.39, 0.29) is 21.2 Å². The Kier molecular flexibility index (Phi) is 6.01. The lowest BCUT2D eigenvalue weighted by Gasteiger charge is -2.06. The van der Waals surface area contributed by atoms with E-state index >= 15 is 0 Å². The summed E-state index contributed by atoms with van der Waals surface area (Å²) < 4.78 is 0. The smallest absolute Gasteiger partial charge is 0.213 e. The van der Waals surface area contributed by atoms with Crippen molar-refractivity contribution in [1.29, 1.82) is 0 Å². The molecule has 2 atom stereocenters. The Hall–Kier alpha value is 0.300. The normalized spacial score (nSPS) is 15.3. The number of alkyl halides is 2. The molecule has 0 radical (unpaired) electrons. The number of halogens is 2. The Morgan fingerprint density at radius 3 is 2.08 bits per heavy atom. The van der Waals surface area contributed by atoms with Gasteiger partial charge in [0.05, 0.1) is 9.65 Å². The molecular weight excluding hydrogens is 288 g/mol. The van der Waals surface area contributed by atoms with E-state index in [2.05, 4.69) is 31.9 Å². The monoisotopic (exact) mass is 298 g/mol. The predicted octanol–water partition coefficient (Wildman–Crippen LogP) is 2.47. The van der Waals surface area contributed by atoms with E-state index in [1.807, 2.05) is 6.92 Å². The average molecular weight is 300 g/mol. The molecule has 70 valence electrons. The van der Waals surface area contributed by atoms with Gasteiger partial charge in [-0.1, -0.05) is 45.2 Å². The van der Waals surface area contributed by atoms with E-state index in [1.54, 1.807) is 6.92 Å². The van der Waals surface area contributed by atoms with Crippen LogP contribution in [-0.4, -0.2) is 21.2 Å². The summed E-state index contributed by atoms with van der Waals surface area (Å²) in [5.41, 5.74) is 0. The van der Waals surface area contributed by atoms with Crippen LogP contribution < -0.4 is 0 Å². The molecule has 0 saturated heterocycles. The lowest BCUT2D eigenvalue weighted by Crippen LogP contribution is -2.28. The highest BCUT2D eigenvalue weighted by molar-refractivity contribution is 9.10. The molecule has 0 aliphatic heterocycles. The van der Waals surface area contributed by atoms with Crippen LogP contribution in [0, 0.1) is 0 Å². The number of rotatable bonds is 5. The topological polar surface area (TPSA) is 34.1 Å². The molecule has 0 aromatic rings. The van der Waals surface area contributed by atoms with Crippen molar-refractivity contribution < 1.29 is 9.59 Å². The van der Waals surface area contributed by atoms with Gasteiger partial charge < -0.3 is 0 Å². The standard InChI is InChI=1S/C8H12Br2O2/c1-3-4-6(10)8(12)7(11)5(2)9/h5-6H,3-4H2,1-2H3. The van der Waals surface area contributed by atoms with E-state index in [4.69, 9.17) is 0 Å². The molecular formula is C8H12Br2O2. The highest BCUT2D eigenvalue weighted by Gasteiger charge is 2.24. The van der Waals surface area contributed by atoms with Crippen LogP contribution in [-0.2, 0) is 9.59 Å². The van der Waals surface area contributed by atoms with Crippen molar-refractivity contribution in [2.75, 3.05) is 0 Å². The fourth-order valence-electron chi connectivity index (χ4n) is 0.735. The molecule has 4 heteroatoms. The summed E-state index contributed by atoms with van der Waals surface area (Å²) in [5.74, 6) is -0.688. The fourth-order valence-corrected chi connectivity index (χ4v) is 1.64. The molecule has 0 fully saturated rings. The molecule has 0 saturated carbocycles. The molecule has 0 spiro atoms. The van der Waals surface area contributed by atoms with Crippen molar-refractivity contribution in [3.63, 3.8) is 0 Å². The third-order valence-corrected chi connectivity index (χ3v) is 2.72. The van der Waals surface area contributed by atoms with Crippen molar-refractivity contribution >= 4 is 43.4 Å². The first-order valence-electron chi connectivity index (χ1n) is 3.86. The number of hydrogen-bond acceptors (Lipinski definition) is 2. The van der Waals surface area contributed by atoms with E-state index in [0.29, 0.717) is 6.42 Å². The summed E-state index contributed by atoms with van der Waals surface area (Å²) in [6.45, 7) is 3.63. The molecule has 0 aliphatic rings. The molecule has 2 nitrogen and oxygen atoms in total. The van der Waals surface area contributed by atoms with Crippen molar-refractivity contribution in [2.45, 2.75) is 36.3 Å². The van der Waals surface area contributed by atoms with Gasteiger partial charge >= 0.3 is 0 Å². The van der Waals surface area contributed by atoms with E-state index in [1.165, 1.54) is 0 Å². The summed E-state index contributed by atoms with van der Waals surface area (Å²) in [5, 5.41) is 0. The zero-order valence-electron chi connectivity index (χ0n) is 7.14. The van der Waals surface area contributed by atoms with Crippen LogP contribution in [0.4, 0.5) is 0 Å². The quantitative estimate of drug-likeness (QED) is 0.577. The Bertz CT molecular complexity index is 178. The largest absolute Gasteiger partial charge is 0.290 e. The van der Waals surface area contributed by atoms with Crippen LogP contribution in [0.15, 0.2) is 0 Å². The summed E-state index contributed by atoms with van der Waals surface area (Å²) in [4.78, 5) is 21.7. The van der Waals surface area contributed by atoms with Crippen LogP contribution in [0.1, 0.15) is 26.7 Å². The maximum Gasteiger partial charge on any atom is 0.213 e. The first kappa shape index (κ1) is 12.3. The number of ketones is 2.